The highest BCUT2D eigenvalue weighted by Crippen LogP contribution is 2.45. The summed E-state index contributed by atoms with van der Waals surface area (Å²) in [4.78, 5) is 30.6. The summed E-state index contributed by atoms with van der Waals surface area (Å²) in [6.07, 6.45) is 0. The lowest BCUT2D eigenvalue weighted by Crippen LogP contribution is -1.96. The molecule has 0 bridgehead atoms. The second kappa shape index (κ2) is 33.3. The Kier molecular flexibility index (Phi) is 19.8. The van der Waals surface area contributed by atoms with Crippen molar-refractivity contribution in [3.05, 3.63) is 461 Å². The Labute approximate surface area is 743 Å². The van der Waals surface area contributed by atoms with Crippen LogP contribution in [-0.2, 0) is 0 Å². The van der Waals surface area contributed by atoms with Crippen LogP contribution in [0.3, 0.4) is 0 Å². The smallest absolute Gasteiger partial charge is 0.160 e. The van der Waals surface area contributed by atoms with Crippen LogP contribution in [0.5, 0.6) is 0 Å². The molecule has 6 aromatic heterocycles. The van der Waals surface area contributed by atoms with Crippen LogP contribution in [0.1, 0.15) is 0 Å². The molecule has 0 N–H and O–H groups in total. The lowest BCUT2D eigenvalue weighted by molar-refractivity contribution is 0.672. The highest BCUT2D eigenvalue weighted by atomic mass is 16.3. The topological polar surface area (TPSA) is 117 Å². The van der Waals surface area contributed by atoms with E-state index < -0.39 is 0 Å². The van der Waals surface area contributed by atoms with Crippen LogP contribution in [0, 0.1) is 0 Å². The van der Waals surface area contributed by atoms with Crippen LogP contribution >= 0.6 is 0 Å². The number of furan rings is 3. The van der Waals surface area contributed by atoms with E-state index >= 15 is 0 Å². The van der Waals surface area contributed by atoms with Gasteiger partial charge in [-0.3, -0.25) is 0 Å². The summed E-state index contributed by atoms with van der Waals surface area (Å²) in [6.45, 7) is 0. The Hall–Kier alpha value is -17.4. The summed E-state index contributed by atoms with van der Waals surface area (Å²) in [5.41, 5.74) is 32.7. The van der Waals surface area contributed by atoms with Crippen molar-refractivity contribution in [3.63, 3.8) is 0 Å². The molecule has 0 aliphatic carbocycles. The molecule has 0 saturated heterocycles. The van der Waals surface area contributed by atoms with Crippen molar-refractivity contribution in [1.82, 2.24) is 29.9 Å². The van der Waals surface area contributed by atoms with E-state index in [1.807, 2.05) is 133 Å². The van der Waals surface area contributed by atoms with Crippen LogP contribution in [0.25, 0.3) is 244 Å². The zero-order chi connectivity index (χ0) is 85.5. The fourth-order valence-electron chi connectivity index (χ4n) is 17.9. The molecule has 9 nitrogen and oxygen atoms in total. The molecule has 0 fully saturated rings. The van der Waals surface area contributed by atoms with Crippen molar-refractivity contribution in [3.8, 4) is 146 Å². The van der Waals surface area contributed by atoms with Crippen LogP contribution in [-0.4, -0.2) is 29.9 Å². The number of hydrogen-bond acceptors (Lipinski definition) is 9. The highest BCUT2D eigenvalue weighted by Gasteiger charge is 2.24. The van der Waals surface area contributed by atoms with Gasteiger partial charge in [0.2, 0.25) is 0 Å². The average Bonchev–Trinajstić information content (AvgIpc) is 1.63. The molecule has 0 aliphatic rings. The molecule has 9 heteroatoms. The van der Waals surface area contributed by atoms with Gasteiger partial charge in [-0.2, -0.15) is 0 Å². The van der Waals surface area contributed by atoms with Crippen molar-refractivity contribution in [2.75, 3.05) is 0 Å². The van der Waals surface area contributed by atoms with Crippen LogP contribution in [0.4, 0.5) is 0 Å². The molecule has 0 radical (unpaired) electrons. The summed E-state index contributed by atoms with van der Waals surface area (Å²) in [6, 6.07) is 160. The summed E-state index contributed by atoms with van der Waals surface area (Å²) in [5, 5.41) is 9.29. The Balaban J connectivity index is 0.000000113. The zero-order valence-electron chi connectivity index (χ0n) is 69.8. The standard InChI is InChI=1S/C50H32N2O.C38H24N2O.C32H20N2O/c1-4-14-33(15-5-1)40-30-41(34-16-6-2-7-17-34)32-42(31-40)38-22-12-20-36(28-38)37-21-13-23-39(29-37)50-51-45-27-26-44-43-24-10-11-25-46(43)53-49(44)47(45)48(52-50)35-18-8-3-9-19-35;1-3-10-25(11-4-1)29-14-9-15-30(24-29)26-18-20-28(21-19-26)38-39-33-23-22-32-31-16-7-8-17-34(31)41-37(32)35(33)36(40-38)27-12-5-2-6-13-27;1-3-9-21(10-4-1)22-15-17-23(18-16-22)30-29-27(33-32(34-30)24-11-5-2-6-12-24)20-19-26-25-13-7-8-14-28(25)35-31(26)29/h1-32H;1-24H;1-20H. The van der Waals surface area contributed by atoms with Crippen molar-refractivity contribution in [2.45, 2.75) is 0 Å². The number of nitrogens with zero attached hydrogens (tertiary/aromatic N) is 6. The third-order valence-corrected chi connectivity index (χ3v) is 24.3. The van der Waals surface area contributed by atoms with Crippen molar-refractivity contribution in [2.24, 2.45) is 0 Å². The Morgan fingerprint density at radius 2 is 0.341 bits per heavy atom. The monoisotopic (exact) mass is 1650 g/mol. The van der Waals surface area contributed by atoms with Gasteiger partial charge in [0.25, 0.3) is 0 Å². The summed E-state index contributed by atoms with van der Waals surface area (Å²) < 4.78 is 19.3. The summed E-state index contributed by atoms with van der Waals surface area (Å²) in [5.74, 6) is 2.07. The second-order valence-corrected chi connectivity index (χ2v) is 32.2. The molecule has 0 spiro atoms. The Bertz CT molecular complexity index is 8440. The molecule has 0 aliphatic heterocycles. The molecule has 129 heavy (non-hydrogen) atoms. The van der Waals surface area contributed by atoms with Gasteiger partial charge in [0.15, 0.2) is 17.5 Å². The fraction of sp³-hybridized carbons (Fsp3) is 0. The predicted molar refractivity (Wildman–Crippen MR) is 531 cm³/mol. The van der Waals surface area contributed by atoms with Crippen LogP contribution in [0.15, 0.2) is 474 Å². The van der Waals surface area contributed by atoms with Gasteiger partial charge in [-0.15, -0.1) is 0 Å². The first kappa shape index (κ1) is 76.5. The Morgan fingerprint density at radius 3 is 0.705 bits per heavy atom. The van der Waals surface area contributed by atoms with Crippen molar-refractivity contribution >= 4 is 98.5 Å². The van der Waals surface area contributed by atoms with Gasteiger partial charge in [-0.25, -0.2) is 29.9 Å². The van der Waals surface area contributed by atoms with Crippen LogP contribution in [0.2, 0.25) is 0 Å². The minimum atomic E-state index is 0.674. The minimum absolute atomic E-state index is 0.674. The van der Waals surface area contributed by atoms with Crippen molar-refractivity contribution in [1.29, 1.82) is 0 Å². The molecule has 19 aromatic carbocycles. The van der Waals surface area contributed by atoms with Gasteiger partial charge in [-0.05, 0) is 169 Å². The molecule has 6 heterocycles. The first-order valence-electron chi connectivity index (χ1n) is 43.3. The molecule has 25 aromatic rings. The predicted octanol–water partition coefficient (Wildman–Crippen LogP) is 32.3. The van der Waals surface area contributed by atoms with Gasteiger partial charge in [-0.1, -0.05) is 370 Å². The van der Waals surface area contributed by atoms with E-state index in [0.29, 0.717) is 17.5 Å². The lowest BCUT2D eigenvalue weighted by atomic mass is 9.92. The van der Waals surface area contributed by atoms with E-state index in [1.165, 1.54) is 55.6 Å². The van der Waals surface area contributed by atoms with E-state index in [0.717, 1.165) is 171 Å². The molecular weight excluding hydrogens is 1570 g/mol. The first-order chi connectivity index (χ1) is 63.9. The van der Waals surface area contributed by atoms with E-state index in [1.54, 1.807) is 0 Å². The van der Waals surface area contributed by atoms with E-state index in [2.05, 4.69) is 328 Å². The first-order valence-corrected chi connectivity index (χ1v) is 43.3. The minimum Gasteiger partial charge on any atom is -0.455 e. The maximum Gasteiger partial charge on any atom is 0.160 e. The third kappa shape index (κ3) is 14.8. The number of fused-ring (bicyclic) bond motifs is 15. The average molecular weight is 1650 g/mol. The molecule has 0 unspecified atom stereocenters. The van der Waals surface area contributed by atoms with E-state index in [9.17, 15) is 0 Å². The maximum atomic E-state index is 6.48. The molecule has 0 saturated carbocycles. The fourth-order valence-corrected chi connectivity index (χ4v) is 17.9. The van der Waals surface area contributed by atoms with Gasteiger partial charge in [0.1, 0.15) is 33.5 Å². The molecule has 25 rings (SSSR count). The normalized spacial score (nSPS) is 11.4. The summed E-state index contributed by atoms with van der Waals surface area (Å²) >= 11 is 0. The zero-order valence-corrected chi connectivity index (χ0v) is 69.8. The molecule has 0 atom stereocenters. The lowest BCUT2D eigenvalue weighted by Gasteiger charge is -2.13. The van der Waals surface area contributed by atoms with Crippen LogP contribution < -0.4 is 0 Å². The second-order valence-electron chi connectivity index (χ2n) is 32.2. The molecule has 0 amide bonds. The SMILES string of the molecule is c1ccc(-c2cc(-c3ccccc3)cc(-c3cccc(-c4cccc(-c5nc(-c6ccccc6)c6c(ccc7c8ccccc8oc76)n5)c4)c3)c2)cc1.c1ccc(-c2ccc(-c3nc(-c4ccccc4)nc4ccc5c6ccccc6oc5c34)cc2)cc1.c1ccc(-c2cccc(-c3ccc(-c4nc(-c5ccccc5)c5c(ccc6c7ccccc7oc65)n4)cc3)c2)cc1. The molecule has 604 valence electrons. The van der Waals surface area contributed by atoms with Gasteiger partial charge in [0.05, 0.1) is 49.8 Å². The van der Waals surface area contributed by atoms with E-state index in [4.69, 9.17) is 43.2 Å². The third-order valence-electron chi connectivity index (χ3n) is 24.3. The number of benzene rings is 19. The van der Waals surface area contributed by atoms with Gasteiger partial charge in [0, 0.05) is 65.7 Å². The highest BCUT2D eigenvalue weighted by molar-refractivity contribution is 6.21. The summed E-state index contributed by atoms with van der Waals surface area (Å²) in [7, 11) is 0. The Morgan fingerprint density at radius 1 is 0.132 bits per heavy atom. The number of para-hydroxylation sites is 3. The number of rotatable bonds is 13. The largest absolute Gasteiger partial charge is 0.455 e. The number of aromatic nitrogens is 6. The quantitative estimate of drug-likeness (QED) is 0.111. The van der Waals surface area contributed by atoms with Gasteiger partial charge >= 0.3 is 0 Å². The van der Waals surface area contributed by atoms with Gasteiger partial charge < -0.3 is 13.3 Å². The molecular formula is C120H76N6O3. The number of hydrogen-bond donors (Lipinski definition) is 0. The van der Waals surface area contributed by atoms with Crippen molar-refractivity contribution < 1.29 is 13.3 Å². The maximum absolute atomic E-state index is 6.48. The van der Waals surface area contributed by atoms with E-state index in [-0.39, 0.29) is 0 Å².